The molecule has 2 nitrogen and oxygen atoms in total. The molecule has 0 aromatic carbocycles. The van der Waals surface area contributed by atoms with Crippen molar-refractivity contribution in [3.63, 3.8) is 0 Å². The molecule has 0 bridgehead atoms. The molecule has 0 aliphatic carbocycles. The lowest BCUT2D eigenvalue weighted by Gasteiger charge is -2.13. The highest BCUT2D eigenvalue weighted by Gasteiger charge is 2.09. The largest absolute Gasteiger partial charge is 0.365 e. The molecule has 0 aliphatic heterocycles. The number of aromatic nitrogens is 1. The van der Waals surface area contributed by atoms with E-state index in [1.54, 1.807) is 6.26 Å². The molecule has 1 aromatic rings. The van der Waals surface area contributed by atoms with Crippen LogP contribution in [0.4, 0.5) is 0 Å². The Bertz CT molecular complexity index is 218. The molecule has 1 heterocycles. The molecule has 1 unspecified atom stereocenters. The highest BCUT2D eigenvalue weighted by molar-refractivity contribution is 4.96. The van der Waals surface area contributed by atoms with Crippen molar-refractivity contribution >= 4 is 0 Å². The van der Waals surface area contributed by atoms with E-state index >= 15 is 0 Å². The van der Waals surface area contributed by atoms with Crippen LogP contribution in [-0.2, 0) is 6.42 Å². The van der Waals surface area contributed by atoms with E-state index in [0.717, 1.165) is 18.0 Å². The monoisotopic (exact) mass is 195 g/mol. The molecule has 0 aliphatic rings. The van der Waals surface area contributed by atoms with Gasteiger partial charge in [-0.25, -0.2) is 0 Å². The smallest absolute Gasteiger partial charge is 0.124 e. The van der Waals surface area contributed by atoms with E-state index in [1.165, 1.54) is 32.1 Å². The summed E-state index contributed by atoms with van der Waals surface area (Å²) in [6.45, 7) is 4.50. The maximum absolute atomic E-state index is 4.85. The summed E-state index contributed by atoms with van der Waals surface area (Å²) in [7, 11) is 0. The number of nitrogens with zero attached hydrogens (tertiary/aromatic N) is 1. The second kappa shape index (κ2) is 6.63. The first-order chi connectivity index (χ1) is 6.86. The van der Waals surface area contributed by atoms with Crippen molar-refractivity contribution in [2.45, 2.75) is 52.4 Å². The summed E-state index contributed by atoms with van der Waals surface area (Å²) in [6, 6.07) is 1.98. The lowest BCUT2D eigenvalue weighted by atomic mass is 9.92. The zero-order chi connectivity index (χ0) is 10.2. The molecule has 0 spiro atoms. The molecule has 0 N–H and O–H groups in total. The Balaban J connectivity index is 2.34. The van der Waals surface area contributed by atoms with Crippen molar-refractivity contribution in [1.29, 1.82) is 0 Å². The second-order valence-corrected chi connectivity index (χ2v) is 3.99. The quantitative estimate of drug-likeness (QED) is 0.661. The fraction of sp³-hybridized carbons (Fsp3) is 0.750. The van der Waals surface area contributed by atoms with Gasteiger partial charge in [0, 0.05) is 6.07 Å². The molecule has 0 saturated carbocycles. The molecule has 80 valence electrons. The van der Waals surface area contributed by atoms with Gasteiger partial charge in [-0.2, -0.15) is 0 Å². The Morgan fingerprint density at radius 1 is 1.29 bits per heavy atom. The van der Waals surface area contributed by atoms with E-state index < -0.39 is 0 Å². The van der Waals surface area contributed by atoms with Crippen LogP contribution >= 0.6 is 0 Å². The predicted molar refractivity (Wildman–Crippen MR) is 58.1 cm³/mol. The second-order valence-electron chi connectivity index (χ2n) is 3.99. The average Bonchev–Trinajstić information content (AvgIpc) is 2.67. The summed E-state index contributed by atoms with van der Waals surface area (Å²) < 4.78 is 4.85. The Morgan fingerprint density at radius 2 is 2.14 bits per heavy atom. The minimum Gasteiger partial charge on any atom is -0.365 e. The number of rotatable bonds is 7. The van der Waals surface area contributed by atoms with Crippen molar-refractivity contribution in [1.82, 2.24) is 5.16 Å². The van der Waals surface area contributed by atoms with E-state index in [9.17, 15) is 0 Å². The third-order valence-electron chi connectivity index (χ3n) is 2.65. The van der Waals surface area contributed by atoms with Gasteiger partial charge in [-0.15, -0.1) is 0 Å². The van der Waals surface area contributed by atoms with Crippen molar-refractivity contribution in [2.24, 2.45) is 5.92 Å². The van der Waals surface area contributed by atoms with Gasteiger partial charge in [-0.3, -0.25) is 0 Å². The minimum absolute atomic E-state index is 0.796. The van der Waals surface area contributed by atoms with Gasteiger partial charge in [0.2, 0.25) is 0 Å². The van der Waals surface area contributed by atoms with Gasteiger partial charge in [0.25, 0.3) is 0 Å². The zero-order valence-corrected chi connectivity index (χ0v) is 9.33. The maximum Gasteiger partial charge on any atom is 0.124 e. The normalized spacial score (nSPS) is 13.0. The fourth-order valence-electron chi connectivity index (χ4n) is 1.89. The topological polar surface area (TPSA) is 26.0 Å². The van der Waals surface area contributed by atoms with Crippen molar-refractivity contribution < 1.29 is 4.52 Å². The number of hydrogen-bond acceptors (Lipinski definition) is 2. The predicted octanol–water partition coefficient (Wildman–Crippen LogP) is 3.82. The van der Waals surface area contributed by atoms with Crippen LogP contribution in [0.1, 0.15) is 51.6 Å². The SMILES string of the molecule is CCCCC(CCC)Cc1ccon1. The van der Waals surface area contributed by atoms with E-state index in [0.29, 0.717) is 0 Å². The summed E-state index contributed by atoms with van der Waals surface area (Å²) in [5.41, 5.74) is 1.11. The number of hydrogen-bond donors (Lipinski definition) is 0. The molecule has 14 heavy (non-hydrogen) atoms. The van der Waals surface area contributed by atoms with Crippen molar-refractivity contribution in [3.8, 4) is 0 Å². The molecule has 1 aromatic heterocycles. The molecule has 2 heteroatoms. The van der Waals surface area contributed by atoms with Gasteiger partial charge in [0.15, 0.2) is 0 Å². The minimum atomic E-state index is 0.796. The summed E-state index contributed by atoms with van der Waals surface area (Å²) >= 11 is 0. The van der Waals surface area contributed by atoms with Crippen LogP contribution in [0, 0.1) is 5.92 Å². The van der Waals surface area contributed by atoms with Crippen molar-refractivity contribution in [3.05, 3.63) is 18.0 Å². The van der Waals surface area contributed by atoms with E-state index in [4.69, 9.17) is 4.52 Å². The van der Waals surface area contributed by atoms with Crippen molar-refractivity contribution in [2.75, 3.05) is 0 Å². The van der Waals surface area contributed by atoms with Crippen LogP contribution in [0.3, 0.4) is 0 Å². The Kier molecular flexibility index (Phi) is 5.35. The summed E-state index contributed by atoms with van der Waals surface area (Å²) in [4.78, 5) is 0. The fourth-order valence-corrected chi connectivity index (χ4v) is 1.89. The molecule has 1 atom stereocenters. The first kappa shape index (κ1) is 11.3. The molecule has 0 fully saturated rings. The average molecular weight is 195 g/mol. The molecule has 1 rings (SSSR count). The highest BCUT2D eigenvalue weighted by Crippen LogP contribution is 2.19. The summed E-state index contributed by atoms with van der Waals surface area (Å²) in [6.07, 6.45) is 9.29. The number of unbranched alkanes of at least 4 members (excludes halogenated alkanes) is 1. The van der Waals surface area contributed by atoms with Crippen LogP contribution in [0.2, 0.25) is 0 Å². The molecule has 0 saturated heterocycles. The summed E-state index contributed by atoms with van der Waals surface area (Å²) in [5.74, 6) is 0.796. The standard InChI is InChI=1S/C12H21NO/c1-3-5-7-11(6-4-2)10-12-8-9-14-13-12/h8-9,11H,3-7,10H2,1-2H3. The van der Waals surface area contributed by atoms with Gasteiger partial charge < -0.3 is 4.52 Å². The first-order valence-electron chi connectivity index (χ1n) is 5.76. The summed E-state index contributed by atoms with van der Waals surface area (Å²) in [5, 5.41) is 3.97. The Morgan fingerprint density at radius 3 is 2.71 bits per heavy atom. The first-order valence-corrected chi connectivity index (χ1v) is 5.76. The highest BCUT2D eigenvalue weighted by atomic mass is 16.5. The molecular formula is C12H21NO. The third kappa shape index (κ3) is 3.95. The zero-order valence-electron chi connectivity index (χ0n) is 9.33. The molecular weight excluding hydrogens is 174 g/mol. The lowest BCUT2D eigenvalue weighted by Crippen LogP contribution is -2.04. The van der Waals surface area contributed by atoms with Crippen LogP contribution in [0.5, 0.6) is 0 Å². The van der Waals surface area contributed by atoms with Crippen LogP contribution in [0.25, 0.3) is 0 Å². The van der Waals surface area contributed by atoms with Gasteiger partial charge in [0.1, 0.15) is 6.26 Å². The Hall–Kier alpha value is -0.790. The van der Waals surface area contributed by atoms with E-state index in [-0.39, 0.29) is 0 Å². The molecule has 0 radical (unpaired) electrons. The van der Waals surface area contributed by atoms with Gasteiger partial charge in [-0.05, 0) is 12.3 Å². The van der Waals surface area contributed by atoms with Gasteiger partial charge >= 0.3 is 0 Å². The van der Waals surface area contributed by atoms with Crippen LogP contribution in [-0.4, -0.2) is 5.16 Å². The van der Waals surface area contributed by atoms with Gasteiger partial charge in [-0.1, -0.05) is 51.1 Å². The van der Waals surface area contributed by atoms with Crippen LogP contribution < -0.4 is 0 Å². The maximum atomic E-state index is 4.85. The van der Waals surface area contributed by atoms with E-state index in [2.05, 4.69) is 19.0 Å². The molecule has 0 amide bonds. The Labute approximate surface area is 86.7 Å². The van der Waals surface area contributed by atoms with E-state index in [1.807, 2.05) is 6.07 Å². The van der Waals surface area contributed by atoms with Crippen LogP contribution in [0.15, 0.2) is 16.9 Å². The lowest BCUT2D eigenvalue weighted by molar-refractivity contribution is 0.385. The van der Waals surface area contributed by atoms with Gasteiger partial charge in [0.05, 0.1) is 5.69 Å². The third-order valence-corrected chi connectivity index (χ3v) is 2.65.